The molecule has 78 valence electrons. The van der Waals surface area contributed by atoms with Crippen LogP contribution in [0.1, 0.15) is 5.56 Å². The van der Waals surface area contributed by atoms with Crippen molar-refractivity contribution in [2.75, 3.05) is 5.73 Å². The number of hydrogen-bond acceptors (Lipinski definition) is 5. The molecular weight excluding hydrogens is 194 g/mol. The quantitative estimate of drug-likeness (QED) is 0.787. The minimum atomic E-state index is 0.238. The van der Waals surface area contributed by atoms with Crippen molar-refractivity contribution in [3.8, 4) is 11.9 Å². The smallest absolute Gasteiger partial charge is 0.342 e. The Morgan fingerprint density at radius 2 is 2.20 bits per heavy atom. The standard InChI is InChI=1S/C9H11N5O/c1-6-3-4-11-8(7(6)10)15-9-12-5-14(2)13-9/h3-5H,10H2,1-2H3. The van der Waals surface area contributed by atoms with Crippen LogP contribution in [0.15, 0.2) is 18.6 Å². The molecule has 0 aliphatic carbocycles. The average Bonchev–Trinajstić information content (AvgIpc) is 2.59. The fraction of sp³-hybridized carbons (Fsp3) is 0.222. The van der Waals surface area contributed by atoms with Crippen molar-refractivity contribution in [2.24, 2.45) is 7.05 Å². The van der Waals surface area contributed by atoms with Crippen LogP contribution in [0.4, 0.5) is 5.69 Å². The molecule has 0 atom stereocenters. The molecule has 0 aliphatic heterocycles. The second-order valence-electron chi connectivity index (χ2n) is 3.15. The number of aryl methyl sites for hydroxylation is 2. The zero-order valence-electron chi connectivity index (χ0n) is 8.51. The Morgan fingerprint density at radius 1 is 1.40 bits per heavy atom. The summed E-state index contributed by atoms with van der Waals surface area (Å²) in [6.07, 6.45) is 3.17. The van der Waals surface area contributed by atoms with E-state index in [0.717, 1.165) is 5.56 Å². The molecule has 0 aromatic carbocycles. The number of nitrogens with two attached hydrogens (primary N) is 1. The fourth-order valence-corrected chi connectivity index (χ4v) is 1.08. The summed E-state index contributed by atoms with van der Waals surface area (Å²) in [5.74, 6) is 0.334. The highest BCUT2D eigenvalue weighted by Gasteiger charge is 2.08. The van der Waals surface area contributed by atoms with Crippen LogP contribution in [0.3, 0.4) is 0 Å². The third kappa shape index (κ3) is 1.88. The molecule has 2 aromatic rings. The number of aromatic nitrogens is 4. The summed E-state index contributed by atoms with van der Waals surface area (Å²) >= 11 is 0. The molecule has 0 amide bonds. The summed E-state index contributed by atoms with van der Waals surface area (Å²) in [6.45, 7) is 1.88. The Balaban J connectivity index is 2.28. The molecule has 0 saturated carbocycles. The van der Waals surface area contributed by atoms with Crippen LogP contribution in [0.5, 0.6) is 11.9 Å². The number of pyridine rings is 1. The second kappa shape index (κ2) is 3.56. The Morgan fingerprint density at radius 3 is 2.87 bits per heavy atom. The zero-order chi connectivity index (χ0) is 10.8. The van der Waals surface area contributed by atoms with Gasteiger partial charge in [-0.1, -0.05) is 0 Å². The third-order valence-electron chi connectivity index (χ3n) is 1.94. The van der Waals surface area contributed by atoms with Gasteiger partial charge in [-0.15, -0.1) is 5.10 Å². The average molecular weight is 205 g/mol. The van der Waals surface area contributed by atoms with Gasteiger partial charge in [-0.2, -0.15) is 4.98 Å². The molecule has 6 nitrogen and oxygen atoms in total. The second-order valence-corrected chi connectivity index (χ2v) is 3.15. The summed E-state index contributed by atoms with van der Waals surface area (Å²) in [7, 11) is 1.76. The largest absolute Gasteiger partial charge is 0.402 e. The molecule has 15 heavy (non-hydrogen) atoms. The van der Waals surface area contributed by atoms with Gasteiger partial charge in [-0.3, -0.25) is 4.68 Å². The van der Waals surface area contributed by atoms with E-state index in [9.17, 15) is 0 Å². The van der Waals surface area contributed by atoms with Gasteiger partial charge >= 0.3 is 6.01 Å². The predicted octanol–water partition coefficient (Wildman–Crippen LogP) is 0.893. The molecule has 0 unspecified atom stereocenters. The summed E-state index contributed by atoms with van der Waals surface area (Å²) in [4.78, 5) is 7.92. The molecule has 0 bridgehead atoms. The van der Waals surface area contributed by atoms with Gasteiger partial charge in [0.15, 0.2) is 0 Å². The molecule has 6 heteroatoms. The highest BCUT2D eigenvalue weighted by Crippen LogP contribution is 2.24. The van der Waals surface area contributed by atoms with Crippen LogP contribution in [0.25, 0.3) is 0 Å². The van der Waals surface area contributed by atoms with E-state index in [4.69, 9.17) is 10.5 Å². The lowest BCUT2D eigenvalue weighted by atomic mass is 10.2. The van der Waals surface area contributed by atoms with E-state index in [2.05, 4.69) is 15.1 Å². The van der Waals surface area contributed by atoms with Crippen LogP contribution in [-0.2, 0) is 7.05 Å². The monoisotopic (exact) mass is 205 g/mol. The van der Waals surface area contributed by atoms with Gasteiger partial charge in [-0.05, 0) is 18.6 Å². The first-order chi connectivity index (χ1) is 7.16. The Hall–Kier alpha value is -2.11. The third-order valence-corrected chi connectivity index (χ3v) is 1.94. The molecule has 2 aromatic heterocycles. The van der Waals surface area contributed by atoms with Gasteiger partial charge in [0.2, 0.25) is 5.88 Å². The molecule has 2 heterocycles. The molecule has 0 fully saturated rings. The minimum Gasteiger partial charge on any atom is -0.402 e. The first kappa shape index (κ1) is 9.45. The molecule has 0 saturated heterocycles. The van der Waals surface area contributed by atoms with E-state index in [1.165, 1.54) is 0 Å². The van der Waals surface area contributed by atoms with Crippen LogP contribution in [-0.4, -0.2) is 19.7 Å². The number of hydrogen-bond donors (Lipinski definition) is 1. The lowest BCUT2D eigenvalue weighted by Gasteiger charge is -2.04. The lowest BCUT2D eigenvalue weighted by molar-refractivity contribution is 0.424. The van der Waals surface area contributed by atoms with Crippen LogP contribution >= 0.6 is 0 Å². The van der Waals surface area contributed by atoms with Crippen molar-refractivity contribution in [1.82, 2.24) is 19.7 Å². The maximum atomic E-state index is 5.79. The van der Waals surface area contributed by atoms with Gasteiger partial charge in [0.05, 0.1) is 5.69 Å². The lowest BCUT2D eigenvalue weighted by Crippen LogP contribution is -1.98. The highest BCUT2D eigenvalue weighted by atomic mass is 16.5. The van der Waals surface area contributed by atoms with Gasteiger partial charge < -0.3 is 10.5 Å². The zero-order valence-corrected chi connectivity index (χ0v) is 8.51. The number of rotatable bonds is 2. The number of ether oxygens (including phenoxy) is 1. The first-order valence-electron chi connectivity index (χ1n) is 4.41. The Kier molecular flexibility index (Phi) is 2.24. The number of nitrogen functional groups attached to an aromatic ring is 1. The normalized spacial score (nSPS) is 10.3. The van der Waals surface area contributed by atoms with E-state index < -0.39 is 0 Å². The summed E-state index contributed by atoms with van der Waals surface area (Å²) < 4.78 is 6.87. The van der Waals surface area contributed by atoms with Gasteiger partial charge in [-0.25, -0.2) is 4.98 Å². The predicted molar refractivity (Wildman–Crippen MR) is 54.5 cm³/mol. The number of nitrogens with zero attached hydrogens (tertiary/aromatic N) is 4. The summed E-state index contributed by atoms with van der Waals surface area (Å²) in [5.41, 5.74) is 7.20. The van der Waals surface area contributed by atoms with Crippen molar-refractivity contribution in [3.05, 3.63) is 24.2 Å². The maximum absolute atomic E-state index is 5.79. The van der Waals surface area contributed by atoms with Crippen molar-refractivity contribution in [2.45, 2.75) is 6.92 Å². The summed E-state index contributed by atoms with van der Waals surface area (Å²) in [6, 6.07) is 2.05. The molecule has 0 aliphatic rings. The maximum Gasteiger partial charge on any atom is 0.342 e. The first-order valence-corrected chi connectivity index (χ1v) is 4.41. The van der Waals surface area contributed by atoms with Crippen molar-refractivity contribution < 1.29 is 4.74 Å². The fourth-order valence-electron chi connectivity index (χ4n) is 1.08. The Bertz CT molecular complexity index is 479. The van der Waals surface area contributed by atoms with Crippen molar-refractivity contribution in [1.29, 1.82) is 0 Å². The van der Waals surface area contributed by atoms with Crippen molar-refractivity contribution in [3.63, 3.8) is 0 Å². The van der Waals surface area contributed by atoms with Crippen LogP contribution in [0, 0.1) is 6.92 Å². The van der Waals surface area contributed by atoms with Crippen LogP contribution < -0.4 is 10.5 Å². The highest BCUT2D eigenvalue weighted by molar-refractivity contribution is 5.54. The topological polar surface area (TPSA) is 78.9 Å². The van der Waals surface area contributed by atoms with E-state index in [1.807, 2.05) is 13.0 Å². The molecule has 2 N–H and O–H groups in total. The van der Waals surface area contributed by atoms with Crippen molar-refractivity contribution >= 4 is 5.69 Å². The molecule has 2 rings (SSSR count). The molecule has 0 spiro atoms. The Labute approximate surface area is 86.7 Å². The molecular formula is C9H11N5O. The van der Waals surface area contributed by atoms with E-state index in [-0.39, 0.29) is 6.01 Å². The molecule has 0 radical (unpaired) electrons. The van der Waals surface area contributed by atoms with E-state index >= 15 is 0 Å². The van der Waals surface area contributed by atoms with Gasteiger partial charge in [0, 0.05) is 13.2 Å². The van der Waals surface area contributed by atoms with Gasteiger partial charge in [0.1, 0.15) is 6.33 Å². The van der Waals surface area contributed by atoms with E-state index in [1.54, 1.807) is 24.3 Å². The van der Waals surface area contributed by atoms with E-state index in [0.29, 0.717) is 11.6 Å². The summed E-state index contributed by atoms with van der Waals surface area (Å²) in [5, 5.41) is 3.96. The van der Waals surface area contributed by atoms with Gasteiger partial charge in [0.25, 0.3) is 0 Å². The number of anilines is 1. The SMILES string of the molecule is Cc1ccnc(Oc2ncn(C)n2)c1N. The van der Waals surface area contributed by atoms with Crippen LogP contribution in [0.2, 0.25) is 0 Å². The minimum absolute atomic E-state index is 0.238.